The molecule has 0 radical (unpaired) electrons. The van der Waals surface area contributed by atoms with Gasteiger partial charge < -0.3 is 19.5 Å². The van der Waals surface area contributed by atoms with E-state index in [0.717, 1.165) is 0 Å². The van der Waals surface area contributed by atoms with Crippen LogP contribution in [0.25, 0.3) is 0 Å². The lowest BCUT2D eigenvalue weighted by Crippen LogP contribution is -2.53. The molecule has 0 saturated carbocycles. The fourth-order valence-electron chi connectivity index (χ4n) is 2.97. The first-order chi connectivity index (χ1) is 9.44. The lowest BCUT2D eigenvalue weighted by molar-refractivity contribution is -0.183. The third-order valence-corrected chi connectivity index (χ3v) is 5.89. The number of morpholine rings is 1. The molecule has 5 nitrogen and oxygen atoms in total. The summed E-state index contributed by atoms with van der Waals surface area (Å²) < 4.78 is 11.6. The van der Waals surface area contributed by atoms with E-state index in [9.17, 15) is 9.90 Å². The Balaban J connectivity index is 2.02. The van der Waals surface area contributed by atoms with Crippen molar-refractivity contribution in [1.82, 2.24) is 4.90 Å². The first-order valence-corrected chi connectivity index (χ1v) is 8.65. The van der Waals surface area contributed by atoms with Crippen molar-refractivity contribution in [2.75, 3.05) is 30.7 Å². The van der Waals surface area contributed by atoms with Crippen molar-refractivity contribution in [3.8, 4) is 0 Å². The number of carbonyl (C=O) groups is 1. The summed E-state index contributed by atoms with van der Waals surface area (Å²) in [5, 5.41) is 10.9. The Bertz CT molecular complexity index is 482. The van der Waals surface area contributed by atoms with Crippen molar-refractivity contribution in [3.63, 3.8) is 0 Å². The molecule has 20 heavy (non-hydrogen) atoms. The summed E-state index contributed by atoms with van der Waals surface area (Å²) >= 11 is 14.7. The number of carbonyl (C=O) groups excluding carboxylic acids is 1. The topological polar surface area (TPSA) is 59.0 Å². The molecule has 0 bridgehead atoms. The molecular formula is C12H14Cl2INO4. The van der Waals surface area contributed by atoms with Crippen molar-refractivity contribution >= 4 is 51.6 Å². The van der Waals surface area contributed by atoms with Crippen LogP contribution >= 0.6 is 45.8 Å². The molecule has 112 valence electrons. The number of halogens is 3. The van der Waals surface area contributed by atoms with Gasteiger partial charge in [0, 0.05) is 23.9 Å². The van der Waals surface area contributed by atoms with E-state index in [1.807, 2.05) is 4.90 Å². The van der Waals surface area contributed by atoms with Crippen molar-refractivity contribution in [3.05, 3.63) is 10.7 Å². The summed E-state index contributed by atoms with van der Waals surface area (Å²) in [5.74, 6) is -2.28. The molecule has 8 heteroatoms. The van der Waals surface area contributed by atoms with Gasteiger partial charge in [0.15, 0.2) is 4.87 Å². The normalized spacial score (nSPS) is 41.5. The molecule has 0 amide bonds. The van der Waals surface area contributed by atoms with Crippen molar-refractivity contribution in [2.45, 2.75) is 23.2 Å². The molecule has 3 atom stereocenters. The molecule has 1 aliphatic carbocycles. The number of fused-ring (bicyclic) bond motifs is 1. The molecule has 2 heterocycles. The molecule has 2 aliphatic heterocycles. The standard InChI is InChI=1S/C12H14Cl2INO4/c13-8-9(16-1-3-19-4-2-16)12(18)11(14,10(8)17)5-7(6-15)20-12/h7,18H,1-6H2/t7-,11-,12+/m0/s1. The third kappa shape index (κ3) is 1.95. The Kier molecular flexibility index (Phi) is 4.01. The number of hydrogen-bond acceptors (Lipinski definition) is 5. The Labute approximate surface area is 140 Å². The molecular weight excluding hydrogens is 420 g/mol. The molecule has 1 N–H and O–H groups in total. The summed E-state index contributed by atoms with van der Waals surface area (Å²) in [5.41, 5.74) is 0.301. The molecule has 0 aromatic rings. The van der Waals surface area contributed by atoms with Crippen LogP contribution in [0.3, 0.4) is 0 Å². The number of aliphatic hydroxyl groups is 1. The first-order valence-electron chi connectivity index (χ1n) is 6.37. The average molecular weight is 434 g/mol. The number of allylic oxidation sites excluding steroid dienone is 1. The zero-order valence-electron chi connectivity index (χ0n) is 10.6. The van der Waals surface area contributed by atoms with Gasteiger partial charge in [-0.15, -0.1) is 11.6 Å². The maximum absolute atomic E-state index is 12.4. The predicted octanol–water partition coefficient (Wildman–Crippen LogP) is 1.24. The Hall–Kier alpha value is 0.400. The molecule has 0 aromatic carbocycles. The van der Waals surface area contributed by atoms with E-state index in [2.05, 4.69) is 22.6 Å². The fourth-order valence-corrected chi connectivity index (χ4v) is 4.32. The largest absolute Gasteiger partial charge is 0.378 e. The number of rotatable bonds is 2. The van der Waals surface area contributed by atoms with Crippen molar-refractivity contribution in [2.24, 2.45) is 0 Å². The number of Topliss-reactive ketones (excluding diaryl/α,β-unsaturated/α-hetero) is 1. The van der Waals surface area contributed by atoms with Crippen LogP contribution in [0, 0.1) is 0 Å². The Morgan fingerprint density at radius 3 is 2.70 bits per heavy atom. The number of ether oxygens (including phenoxy) is 2. The Morgan fingerprint density at radius 2 is 2.10 bits per heavy atom. The zero-order valence-corrected chi connectivity index (χ0v) is 14.2. The molecule has 2 fully saturated rings. The van der Waals surface area contributed by atoms with E-state index in [0.29, 0.717) is 36.4 Å². The third-order valence-electron chi connectivity index (χ3n) is 3.97. The molecule has 2 saturated heterocycles. The van der Waals surface area contributed by atoms with Gasteiger partial charge in [-0.2, -0.15) is 0 Å². The van der Waals surface area contributed by atoms with E-state index in [1.54, 1.807) is 0 Å². The van der Waals surface area contributed by atoms with Gasteiger partial charge in [-0.1, -0.05) is 34.2 Å². The highest BCUT2D eigenvalue weighted by Gasteiger charge is 2.71. The van der Waals surface area contributed by atoms with E-state index in [-0.39, 0.29) is 17.6 Å². The van der Waals surface area contributed by atoms with Gasteiger partial charge in [0.25, 0.3) is 0 Å². The minimum atomic E-state index is -1.84. The van der Waals surface area contributed by atoms with Gasteiger partial charge in [-0.3, -0.25) is 4.79 Å². The number of nitrogens with zero attached hydrogens (tertiary/aromatic N) is 1. The highest BCUT2D eigenvalue weighted by atomic mass is 127. The van der Waals surface area contributed by atoms with Crippen molar-refractivity contribution < 1.29 is 19.4 Å². The van der Waals surface area contributed by atoms with Gasteiger partial charge in [0.05, 0.1) is 25.0 Å². The van der Waals surface area contributed by atoms with Crippen LogP contribution < -0.4 is 0 Å². The maximum Gasteiger partial charge on any atom is 0.237 e. The van der Waals surface area contributed by atoms with E-state index in [4.69, 9.17) is 32.7 Å². The minimum Gasteiger partial charge on any atom is -0.378 e. The zero-order chi connectivity index (χ0) is 14.5. The van der Waals surface area contributed by atoms with Crippen LogP contribution in [0.15, 0.2) is 10.7 Å². The van der Waals surface area contributed by atoms with E-state index in [1.165, 1.54) is 0 Å². The quantitative estimate of drug-likeness (QED) is 0.524. The fraction of sp³-hybridized carbons (Fsp3) is 0.750. The van der Waals surface area contributed by atoms with Gasteiger partial charge >= 0.3 is 0 Å². The molecule has 0 unspecified atom stereocenters. The molecule has 0 aromatic heterocycles. The van der Waals surface area contributed by atoms with Gasteiger partial charge in [0.1, 0.15) is 5.03 Å². The van der Waals surface area contributed by atoms with E-state index < -0.39 is 16.4 Å². The second kappa shape index (κ2) is 5.24. The smallest absolute Gasteiger partial charge is 0.237 e. The molecule has 0 spiro atoms. The highest BCUT2D eigenvalue weighted by molar-refractivity contribution is 14.1. The monoisotopic (exact) mass is 433 g/mol. The summed E-state index contributed by atoms with van der Waals surface area (Å²) in [6.07, 6.45) is -0.000441. The first kappa shape index (κ1) is 15.3. The van der Waals surface area contributed by atoms with Crippen LogP contribution in [0.2, 0.25) is 0 Å². The van der Waals surface area contributed by atoms with Crippen LogP contribution in [0.5, 0.6) is 0 Å². The summed E-state index contributed by atoms with van der Waals surface area (Å²) in [7, 11) is 0. The predicted molar refractivity (Wildman–Crippen MR) is 82.2 cm³/mol. The maximum atomic E-state index is 12.4. The average Bonchev–Trinajstić information content (AvgIpc) is 2.78. The minimum absolute atomic E-state index is 0.0173. The lowest BCUT2D eigenvalue weighted by Gasteiger charge is -2.38. The van der Waals surface area contributed by atoms with Crippen LogP contribution in [-0.2, 0) is 14.3 Å². The van der Waals surface area contributed by atoms with Crippen molar-refractivity contribution in [1.29, 1.82) is 0 Å². The Morgan fingerprint density at radius 1 is 1.45 bits per heavy atom. The van der Waals surface area contributed by atoms with Gasteiger partial charge in [-0.05, 0) is 0 Å². The SMILES string of the molecule is O=C1C(Cl)=C(N2CCOCC2)[C@@]2(O)O[C@H](CI)C[C@]12Cl. The van der Waals surface area contributed by atoms with Gasteiger partial charge in [0.2, 0.25) is 11.6 Å². The van der Waals surface area contributed by atoms with Crippen LogP contribution in [0.1, 0.15) is 6.42 Å². The second-order valence-corrected chi connectivity index (χ2v) is 7.04. The lowest BCUT2D eigenvalue weighted by atomic mass is 9.95. The van der Waals surface area contributed by atoms with Crippen LogP contribution in [0.4, 0.5) is 0 Å². The van der Waals surface area contributed by atoms with E-state index >= 15 is 0 Å². The summed E-state index contributed by atoms with van der Waals surface area (Å²) in [4.78, 5) is 12.7. The summed E-state index contributed by atoms with van der Waals surface area (Å²) in [6, 6.07) is 0. The molecule has 3 rings (SSSR count). The highest BCUT2D eigenvalue weighted by Crippen LogP contribution is 2.56. The summed E-state index contributed by atoms with van der Waals surface area (Å²) in [6.45, 7) is 2.13. The van der Waals surface area contributed by atoms with Crippen LogP contribution in [-0.4, -0.2) is 63.3 Å². The number of alkyl halides is 2. The number of ketones is 1. The van der Waals surface area contributed by atoms with Gasteiger partial charge in [-0.25, -0.2) is 0 Å². The second-order valence-electron chi connectivity index (χ2n) is 5.13. The molecule has 3 aliphatic rings. The number of hydrogen-bond donors (Lipinski definition) is 1.